The Morgan fingerprint density at radius 1 is 1.29 bits per heavy atom. The molecule has 0 aromatic heterocycles. The smallest absolute Gasteiger partial charge is 0.0399 e. The summed E-state index contributed by atoms with van der Waals surface area (Å²) in [5.74, 6) is 0.892. The van der Waals surface area contributed by atoms with Crippen LogP contribution in [0.15, 0.2) is 24.3 Å². The van der Waals surface area contributed by atoms with Gasteiger partial charge in [-0.3, -0.25) is 0 Å². The highest BCUT2D eigenvalue weighted by molar-refractivity contribution is 5.54. The van der Waals surface area contributed by atoms with Gasteiger partial charge in [0.15, 0.2) is 0 Å². The first-order valence-corrected chi connectivity index (χ1v) is 6.66. The van der Waals surface area contributed by atoms with Crippen LogP contribution in [-0.4, -0.2) is 19.1 Å². The van der Waals surface area contributed by atoms with Gasteiger partial charge in [-0.2, -0.15) is 0 Å². The van der Waals surface area contributed by atoms with Gasteiger partial charge in [-0.25, -0.2) is 0 Å². The Morgan fingerprint density at radius 2 is 1.94 bits per heavy atom. The minimum Gasteiger partial charge on any atom is -0.371 e. The summed E-state index contributed by atoms with van der Waals surface area (Å²) in [4.78, 5) is 2.43. The molecule has 2 rings (SSSR count). The van der Waals surface area contributed by atoms with Crippen LogP contribution in [0.25, 0.3) is 0 Å². The molecular weight excluding hydrogens is 208 g/mol. The number of benzene rings is 1. The van der Waals surface area contributed by atoms with Crippen LogP contribution >= 0.6 is 0 Å². The van der Waals surface area contributed by atoms with Gasteiger partial charge in [0.05, 0.1) is 0 Å². The molecule has 0 spiro atoms. The van der Waals surface area contributed by atoms with E-state index < -0.39 is 0 Å². The van der Waals surface area contributed by atoms with E-state index in [0.717, 1.165) is 12.3 Å². The molecule has 0 amide bonds. The average molecular weight is 232 g/mol. The highest BCUT2D eigenvalue weighted by Crippen LogP contribution is 2.37. The van der Waals surface area contributed by atoms with Gasteiger partial charge >= 0.3 is 0 Å². The van der Waals surface area contributed by atoms with Gasteiger partial charge in [-0.1, -0.05) is 18.2 Å². The van der Waals surface area contributed by atoms with Gasteiger partial charge in [0.1, 0.15) is 0 Å². The van der Waals surface area contributed by atoms with Crippen molar-refractivity contribution in [2.45, 2.75) is 45.2 Å². The number of rotatable bonds is 5. The minimum atomic E-state index is 0.223. The lowest BCUT2D eigenvalue weighted by Crippen LogP contribution is -2.32. The summed E-state index contributed by atoms with van der Waals surface area (Å²) in [7, 11) is 2.21. The molecule has 2 heteroatoms. The third-order valence-electron chi connectivity index (χ3n) is 3.83. The molecule has 2 unspecified atom stereocenters. The zero-order chi connectivity index (χ0) is 12.4. The monoisotopic (exact) mass is 232 g/mol. The maximum absolute atomic E-state index is 5.92. The lowest BCUT2D eigenvalue weighted by Gasteiger charge is -2.29. The predicted molar refractivity (Wildman–Crippen MR) is 74.4 cm³/mol. The molecule has 0 heterocycles. The molecular formula is C15H24N2. The number of hydrogen-bond donors (Lipinski definition) is 1. The highest BCUT2D eigenvalue weighted by atomic mass is 15.1. The number of hydrogen-bond acceptors (Lipinski definition) is 2. The van der Waals surface area contributed by atoms with Gasteiger partial charge in [0.2, 0.25) is 0 Å². The average Bonchev–Trinajstić information content (AvgIpc) is 3.11. The molecule has 0 saturated heterocycles. The molecule has 1 aliphatic carbocycles. The molecule has 0 bridgehead atoms. The molecule has 2 N–H and O–H groups in total. The van der Waals surface area contributed by atoms with Gasteiger partial charge < -0.3 is 10.6 Å². The standard InChI is InChI=1S/C15H24N2/c1-11(16)10-14-6-4-5-7-15(14)17(3)12(2)13-8-9-13/h4-7,11-13H,8-10,16H2,1-3H3. The lowest BCUT2D eigenvalue weighted by atomic mass is 10.0. The molecule has 1 aromatic rings. The summed E-state index contributed by atoms with van der Waals surface area (Å²) in [6.45, 7) is 4.40. The van der Waals surface area contributed by atoms with Crippen molar-refractivity contribution in [2.75, 3.05) is 11.9 Å². The molecule has 0 radical (unpaired) electrons. The van der Waals surface area contributed by atoms with Crippen LogP contribution in [0.3, 0.4) is 0 Å². The second-order valence-electron chi connectivity index (χ2n) is 5.50. The Labute approximate surface area is 105 Å². The molecule has 1 aliphatic rings. The molecule has 1 aromatic carbocycles. The van der Waals surface area contributed by atoms with Crippen LogP contribution in [-0.2, 0) is 6.42 Å². The van der Waals surface area contributed by atoms with E-state index in [1.54, 1.807) is 0 Å². The van der Waals surface area contributed by atoms with Crippen molar-refractivity contribution in [2.24, 2.45) is 11.7 Å². The first-order valence-electron chi connectivity index (χ1n) is 6.66. The summed E-state index contributed by atoms with van der Waals surface area (Å²) < 4.78 is 0. The molecule has 2 nitrogen and oxygen atoms in total. The van der Waals surface area contributed by atoms with Crippen LogP contribution in [0, 0.1) is 5.92 Å². The SMILES string of the molecule is CC(N)Cc1ccccc1N(C)C(C)C1CC1. The highest BCUT2D eigenvalue weighted by Gasteiger charge is 2.31. The fourth-order valence-electron chi connectivity index (χ4n) is 2.49. The molecule has 94 valence electrons. The van der Waals surface area contributed by atoms with Crippen molar-refractivity contribution in [3.63, 3.8) is 0 Å². The third-order valence-corrected chi connectivity index (χ3v) is 3.83. The lowest BCUT2D eigenvalue weighted by molar-refractivity contribution is 0.605. The predicted octanol–water partition coefficient (Wildman–Crippen LogP) is 2.81. The van der Waals surface area contributed by atoms with E-state index >= 15 is 0 Å². The summed E-state index contributed by atoms with van der Waals surface area (Å²) >= 11 is 0. The zero-order valence-electron chi connectivity index (χ0n) is 11.2. The van der Waals surface area contributed by atoms with Crippen molar-refractivity contribution < 1.29 is 0 Å². The number of anilines is 1. The van der Waals surface area contributed by atoms with Crippen LogP contribution < -0.4 is 10.6 Å². The topological polar surface area (TPSA) is 29.3 Å². The van der Waals surface area contributed by atoms with E-state index in [2.05, 4.69) is 50.1 Å². The molecule has 0 aliphatic heterocycles. The third kappa shape index (κ3) is 3.01. The zero-order valence-corrected chi connectivity index (χ0v) is 11.2. The second-order valence-corrected chi connectivity index (χ2v) is 5.50. The maximum atomic E-state index is 5.92. The minimum absolute atomic E-state index is 0.223. The number of nitrogens with zero attached hydrogens (tertiary/aromatic N) is 1. The summed E-state index contributed by atoms with van der Waals surface area (Å²) in [5.41, 5.74) is 8.65. The van der Waals surface area contributed by atoms with Gasteiger partial charge in [-0.15, -0.1) is 0 Å². The van der Waals surface area contributed by atoms with Crippen LogP contribution in [0.1, 0.15) is 32.3 Å². The van der Waals surface area contributed by atoms with E-state index in [1.165, 1.54) is 24.1 Å². The Bertz CT molecular complexity index is 369. The van der Waals surface area contributed by atoms with Crippen LogP contribution in [0.4, 0.5) is 5.69 Å². The van der Waals surface area contributed by atoms with Crippen molar-refractivity contribution >= 4 is 5.69 Å². The van der Waals surface area contributed by atoms with Crippen LogP contribution in [0.5, 0.6) is 0 Å². The van der Waals surface area contributed by atoms with Gasteiger partial charge in [0.25, 0.3) is 0 Å². The van der Waals surface area contributed by atoms with Crippen LogP contribution in [0.2, 0.25) is 0 Å². The van der Waals surface area contributed by atoms with E-state index in [1.807, 2.05) is 0 Å². The van der Waals surface area contributed by atoms with E-state index in [4.69, 9.17) is 5.73 Å². The first-order chi connectivity index (χ1) is 8.09. The van der Waals surface area contributed by atoms with Crippen molar-refractivity contribution in [1.29, 1.82) is 0 Å². The molecule has 1 fully saturated rings. The normalized spacial score (nSPS) is 18.8. The number of para-hydroxylation sites is 1. The van der Waals surface area contributed by atoms with Gasteiger partial charge in [-0.05, 0) is 50.7 Å². The summed E-state index contributed by atoms with van der Waals surface area (Å²) in [6, 6.07) is 9.52. The Hall–Kier alpha value is -1.02. The summed E-state index contributed by atoms with van der Waals surface area (Å²) in [6.07, 6.45) is 3.74. The quantitative estimate of drug-likeness (QED) is 0.846. The number of nitrogens with two attached hydrogens (primary N) is 1. The van der Waals surface area contributed by atoms with E-state index in [-0.39, 0.29) is 6.04 Å². The van der Waals surface area contributed by atoms with Crippen molar-refractivity contribution in [3.05, 3.63) is 29.8 Å². The Morgan fingerprint density at radius 3 is 2.53 bits per heavy atom. The van der Waals surface area contributed by atoms with Gasteiger partial charge in [0, 0.05) is 24.8 Å². The second kappa shape index (κ2) is 5.09. The molecule has 17 heavy (non-hydrogen) atoms. The fraction of sp³-hybridized carbons (Fsp3) is 0.600. The van der Waals surface area contributed by atoms with E-state index in [9.17, 15) is 0 Å². The maximum Gasteiger partial charge on any atom is 0.0399 e. The molecule has 1 saturated carbocycles. The van der Waals surface area contributed by atoms with Crippen molar-refractivity contribution in [3.8, 4) is 0 Å². The largest absolute Gasteiger partial charge is 0.371 e. The fourth-order valence-corrected chi connectivity index (χ4v) is 2.49. The summed E-state index contributed by atoms with van der Waals surface area (Å²) in [5, 5.41) is 0. The van der Waals surface area contributed by atoms with Crippen molar-refractivity contribution in [1.82, 2.24) is 0 Å². The van der Waals surface area contributed by atoms with E-state index in [0.29, 0.717) is 6.04 Å². The Balaban J connectivity index is 2.17. The first kappa shape index (κ1) is 12.4. The molecule has 2 atom stereocenters. The Kier molecular flexibility index (Phi) is 3.72.